The van der Waals surface area contributed by atoms with Gasteiger partial charge in [0.1, 0.15) is 0 Å². The summed E-state index contributed by atoms with van der Waals surface area (Å²) in [5.41, 5.74) is 5.41. The molecule has 0 spiro atoms. The fourth-order valence-corrected chi connectivity index (χ4v) is 2.69. The van der Waals surface area contributed by atoms with E-state index < -0.39 is 0 Å². The Labute approximate surface area is 122 Å². The van der Waals surface area contributed by atoms with Gasteiger partial charge in [0.25, 0.3) is 0 Å². The molecule has 1 saturated carbocycles. The lowest BCUT2D eigenvalue weighted by Gasteiger charge is -2.32. The predicted molar refractivity (Wildman–Crippen MR) is 80.2 cm³/mol. The lowest BCUT2D eigenvalue weighted by molar-refractivity contribution is -0.140. The summed E-state index contributed by atoms with van der Waals surface area (Å²) >= 11 is 0. The lowest BCUT2D eigenvalue weighted by atomic mass is 9.94. The molecule has 0 unspecified atom stereocenters. The van der Waals surface area contributed by atoms with Crippen LogP contribution in [0.5, 0.6) is 0 Å². The van der Waals surface area contributed by atoms with Crippen LogP contribution >= 0.6 is 0 Å². The fourth-order valence-electron chi connectivity index (χ4n) is 2.69. The van der Waals surface area contributed by atoms with Gasteiger partial charge in [-0.05, 0) is 32.2 Å². The van der Waals surface area contributed by atoms with Gasteiger partial charge in [0.2, 0.25) is 11.8 Å². The minimum atomic E-state index is 0.0313. The van der Waals surface area contributed by atoms with Crippen molar-refractivity contribution in [2.24, 2.45) is 5.73 Å². The molecule has 0 saturated heterocycles. The zero-order valence-corrected chi connectivity index (χ0v) is 12.9. The lowest BCUT2D eigenvalue weighted by Crippen LogP contribution is -2.44. The van der Waals surface area contributed by atoms with Gasteiger partial charge in [-0.3, -0.25) is 9.59 Å². The van der Waals surface area contributed by atoms with Crippen LogP contribution in [0, 0.1) is 0 Å². The second kappa shape index (κ2) is 8.95. The number of unbranched alkanes of at least 4 members (excludes halogenated alkanes) is 1. The molecule has 20 heavy (non-hydrogen) atoms. The Hall–Kier alpha value is -1.10. The van der Waals surface area contributed by atoms with Gasteiger partial charge in [0.05, 0.1) is 6.54 Å². The van der Waals surface area contributed by atoms with E-state index in [0.29, 0.717) is 19.0 Å². The number of nitrogens with two attached hydrogens (primary N) is 1. The summed E-state index contributed by atoms with van der Waals surface area (Å²) in [4.78, 5) is 27.4. The maximum absolute atomic E-state index is 12.2. The molecule has 0 aliphatic heterocycles. The Morgan fingerprint density at radius 3 is 2.30 bits per heavy atom. The number of hydrogen-bond donors (Lipinski definition) is 1. The zero-order valence-electron chi connectivity index (χ0n) is 12.9. The first-order valence-corrected chi connectivity index (χ1v) is 7.76. The highest BCUT2D eigenvalue weighted by molar-refractivity contribution is 5.84. The quantitative estimate of drug-likeness (QED) is 0.718. The molecule has 1 aliphatic rings. The van der Waals surface area contributed by atoms with Crippen LogP contribution in [0.25, 0.3) is 0 Å². The number of carbonyl (C=O) groups excluding carboxylic acids is 2. The molecule has 1 rings (SSSR count). The van der Waals surface area contributed by atoms with Gasteiger partial charge >= 0.3 is 0 Å². The summed E-state index contributed by atoms with van der Waals surface area (Å²) < 4.78 is 0. The van der Waals surface area contributed by atoms with Crippen molar-refractivity contribution in [2.75, 3.05) is 27.2 Å². The van der Waals surface area contributed by atoms with E-state index in [1.54, 1.807) is 7.05 Å². The van der Waals surface area contributed by atoms with E-state index in [2.05, 4.69) is 0 Å². The van der Waals surface area contributed by atoms with Crippen molar-refractivity contribution < 1.29 is 9.59 Å². The van der Waals surface area contributed by atoms with E-state index in [0.717, 1.165) is 25.7 Å². The van der Waals surface area contributed by atoms with Crippen molar-refractivity contribution in [2.45, 2.75) is 57.4 Å². The molecule has 2 amide bonds. The van der Waals surface area contributed by atoms with Crippen molar-refractivity contribution >= 4 is 11.8 Å². The van der Waals surface area contributed by atoms with Crippen LogP contribution in [-0.4, -0.2) is 54.8 Å². The Morgan fingerprint density at radius 2 is 1.70 bits per heavy atom. The number of nitrogens with zero attached hydrogens (tertiary/aromatic N) is 2. The highest BCUT2D eigenvalue weighted by Gasteiger charge is 2.23. The Kier molecular flexibility index (Phi) is 7.59. The SMILES string of the molecule is CN(CC(=O)N(C)C1CCCCC1)C(=O)CCCCN. The smallest absolute Gasteiger partial charge is 0.242 e. The van der Waals surface area contributed by atoms with Crippen LogP contribution < -0.4 is 5.73 Å². The first-order valence-electron chi connectivity index (χ1n) is 7.76. The van der Waals surface area contributed by atoms with E-state index in [4.69, 9.17) is 5.73 Å². The van der Waals surface area contributed by atoms with Gasteiger partial charge in [-0.15, -0.1) is 0 Å². The zero-order chi connectivity index (χ0) is 15.0. The molecule has 1 aliphatic carbocycles. The molecule has 5 nitrogen and oxygen atoms in total. The molecule has 0 aromatic heterocycles. The van der Waals surface area contributed by atoms with E-state index in [-0.39, 0.29) is 18.4 Å². The summed E-state index contributed by atoms with van der Waals surface area (Å²) in [5, 5.41) is 0. The van der Waals surface area contributed by atoms with Crippen LogP contribution in [0.2, 0.25) is 0 Å². The third kappa shape index (κ3) is 5.49. The average molecular weight is 283 g/mol. The van der Waals surface area contributed by atoms with Crippen molar-refractivity contribution in [1.82, 2.24) is 9.80 Å². The molecule has 0 radical (unpaired) electrons. The molecule has 0 aromatic carbocycles. The normalized spacial score (nSPS) is 15.9. The number of rotatable bonds is 7. The number of amides is 2. The van der Waals surface area contributed by atoms with Crippen molar-refractivity contribution in [1.29, 1.82) is 0 Å². The van der Waals surface area contributed by atoms with Crippen molar-refractivity contribution in [3.05, 3.63) is 0 Å². The summed E-state index contributed by atoms with van der Waals surface area (Å²) in [6, 6.07) is 0.358. The number of likely N-dealkylation sites (N-methyl/N-ethyl adjacent to an activating group) is 2. The van der Waals surface area contributed by atoms with E-state index in [1.165, 1.54) is 24.2 Å². The van der Waals surface area contributed by atoms with Gasteiger partial charge in [0.15, 0.2) is 0 Å². The molecule has 0 bridgehead atoms. The van der Waals surface area contributed by atoms with Crippen LogP contribution in [0.15, 0.2) is 0 Å². The second-order valence-corrected chi connectivity index (χ2v) is 5.79. The molecular formula is C15H29N3O2. The third-order valence-corrected chi connectivity index (χ3v) is 4.16. The first kappa shape index (κ1) is 17.0. The molecule has 116 valence electrons. The summed E-state index contributed by atoms with van der Waals surface area (Å²) in [6.07, 6.45) is 8.01. The van der Waals surface area contributed by atoms with Gasteiger partial charge < -0.3 is 15.5 Å². The molecular weight excluding hydrogens is 254 g/mol. The maximum atomic E-state index is 12.2. The highest BCUT2D eigenvalue weighted by Crippen LogP contribution is 2.21. The number of hydrogen-bond acceptors (Lipinski definition) is 3. The van der Waals surface area contributed by atoms with Crippen LogP contribution in [-0.2, 0) is 9.59 Å². The van der Waals surface area contributed by atoms with Gasteiger partial charge in [-0.25, -0.2) is 0 Å². The standard InChI is InChI=1S/C15H29N3O2/c1-17(14(19)10-6-7-11-16)12-15(20)18(2)13-8-4-3-5-9-13/h13H,3-12,16H2,1-2H3. The van der Waals surface area contributed by atoms with E-state index in [1.807, 2.05) is 11.9 Å². The number of carbonyl (C=O) groups is 2. The predicted octanol–water partition coefficient (Wildman–Crippen LogP) is 1.36. The minimum absolute atomic E-state index is 0.0313. The van der Waals surface area contributed by atoms with E-state index in [9.17, 15) is 9.59 Å². The Balaban J connectivity index is 2.33. The molecule has 0 atom stereocenters. The fraction of sp³-hybridized carbons (Fsp3) is 0.867. The highest BCUT2D eigenvalue weighted by atomic mass is 16.2. The largest absolute Gasteiger partial charge is 0.341 e. The third-order valence-electron chi connectivity index (χ3n) is 4.16. The maximum Gasteiger partial charge on any atom is 0.242 e. The van der Waals surface area contributed by atoms with Gasteiger partial charge in [-0.1, -0.05) is 19.3 Å². The molecule has 0 heterocycles. The molecule has 5 heteroatoms. The van der Waals surface area contributed by atoms with Crippen LogP contribution in [0.4, 0.5) is 0 Å². The van der Waals surface area contributed by atoms with E-state index >= 15 is 0 Å². The van der Waals surface area contributed by atoms with Gasteiger partial charge in [-0.2, -0.15) is 0 Å². The topological polar surface area (TPSA) is 66.6 Å². The van der Waals surface area contributed by atoms with Crippen LogP contribution in [0.3, 0.4) is 0 Å². The van der Waals surface area contributed by atoms with Crippen molar-refractivity contribution in [3.8, 4) is 0 Å². The Morgan fingerprint density at radius 1 is 1.05 bits per heavy atom. The summed E-state index contributed by atoms with van der Waals surface area (Å²) in [7, 11) is 3.57. The molecule has 2 N–H and O–H groups in total. The first-order chi connectivity index (χ1) is 9.56. The average Bonchev–Trinajstić information content (AvgIpc) is 2.47. The summed E-state index contributed by atoms with van der Waals surface area (Å²) in [6.45, 7) is 0.800. The second-order valence-electron chi connectivity index (χ2n) is 5.79. The molecule has 1 fully saturated rings. The Bertz CT molecular complexity index is 314. The molecule has 0 aromatic rings. The van der Waals surface area contributed by atoms with Crippen molar-refractivity contribution in [3.63, 3.8) is 0 Å². The minimum Gasteiger partial charge on any atom is -0.341 e. The monoisotopic (exact) mass is 283 g/mol. The summed E-state index contributed by atoms with van der Waals surface area (Å²) in [5.74, 6) is 0.0791. The van der Waals surface area contributed by atoms with Gasteiger partial charge in [0, 0.05) is 26.6 Å². The van der Waals surface area contributed by atoms with Crippen LogP contribution in [0.1, 0.15) is 51.4 Å².